The van der Waals surface area contributed by atoms with Crippen LogP contribution in [0.1, 0.15) is 52.4 Å². The van der Waals surface area contributed by atoms with E-state index >= 15 is 0 Å². The van der Waals surface area contributed by atoms with Gasteiger partial charge in [-0.2, -0.15) is 13.2 Å². The average Bonchev–Trinajstić information content (AvgIpc) is 3.11. The Kier molecular flexibility index (Phi) is 5.56. The van der Waals surface area contributed by atoms with E-state index in [4.69, 9.17) is 4.74 Å². The van der Waals surface area contributed by atoms with Gasteiger partial charge in [-0.1, -0.05) is 31.2 Å². The summed E-state index contributed by atoms with van der Waals surface area (Å²) in [6.45, 7) is 3.72. The Morgan fingerprint density at radius 3 is 2.19 bits per heavy atom. The number of hydrogen-bond acceptors (Lipinski definition) is 3. The van der Waals surface area contributed by atoms with Crippen LogP contribution in [0.5, 0.6) is 0 Å². The standard InChI is InChI=1S/C21H22F3NO2/c1-3-25-13-17(14-8-10-18(11-9-14)21(22,23)24)12-19(25)15-4-6-16(7-5-15)20(26)27-2/h4-11,17,19H,3,12-13H2,1-2H3. The van der Waals surface area contributed by atoms with Crippen LogP contribution in [0.2, 0.25) is 0 Å². The summed E-state index contributed by atoms with van der Waals surface area (Å²) in [5.74, 6) is -0.194. The van der Waals surface area contributed by atoms with Crippen molar-refractivity contribution < 1.29 is 22.7 Å². The molecule has 2 unspecified atom stereocenters. The first-order valence-corrected chi connectivity index (χ1v) is 8.93. The van der Waals surface area contributed by atoms with Gasteiger partial charge < -0.3 is 4.74 Å². The minimum atomic E-state index is -4.31. The first-order chi connectivity index (χ1) is 12.8. The van der Waals surface area contributed by atoms with Crippen molar-refractivity contribution in [3.8, 4) is 0 Å². The normalized spacial score (nSPS) is 20.6. The number of halogens is 3. The van der Waals surface area contributed by atoms with Crippen LogP contribution in [-0.4, -0.2) is 31.1 Å². The van der Waals surface area contributed by atoms with Crippen molar-refractivity contribution in [3.63, 3.8) is 0 Å². The molecule has 27 heavy (non-hydrogen) atoms. The van der Waals surface area contributed by atoms with Crippen LogP contribution in [0.25, 0.3) is 0 Å². The number of methoxy groups -OCH3 is 1. The average molecular weight is 377 g/mol. The topological polar surface area (TPSA) is 29.5 Å². The molecular weight excluding hydrogens is 355 g/mol. The van der Waals surface area contributed by atoms with E-state index in [2.05, 4.69) is 11.8 Å². The fourth-order valence-corrected chi connectivity index (χ4v) is 3.74. The lowest BCUT2D eigenvalue weighted by molar-refractivity contribution is -0.137. The zero-order chi connectivity index (χ0) is 19.6. The summed E-state index contributed by atoms with van der Waals surface area (Å²) in [5, 5.41) is 0. The molecule has 3 rings (SSSR count). The summed E-state index contributed by atoms with van der Waals surface area (Å²) in [5.41, 5.74) is 1.90. The van der Waals surface area contributed by atoms with E-state index in [1.54, 1.807) is 24.3 Å². The van der Waals surface area contributed by atoms with Crippen LogP contribution in [0, 0.1) is 0 Å². The molecule has 1 fully saturated rings. The molecule has 1 aliphatic rings. The molecule has 2 aromatic carbocycles. The van der Waals surface area contributed by atoms with Crippen LogP contribution < -0.4 is 0 Å². The predicted molar refractivity (Wildman–Crippen MR) is 96.6 cm³/mol. The molecular formula is C21H22F3NO2. The SMILES string of the molecule is CCN1CC(c2ccc(C(F)(F)F)cc2)CC1c1ccc(C(=O)OC)cc1. The van der Waals surface area contributed by atoms with Crippen molar-refractivity contribution in [1.29, 1.82) is 0 Å². The summed E-state index contributed by atoms with van der Waals surface area (Å²) < 4.78 is 43.0. The third-order valence-electron chi connectivity index (χ3n) is 5.24. The van der Waals surface area contributed by atoms with Crippen LogP contribution in [0.3, 0.4) is 0 Å². The molecule has 6 heteroatoms. The van der Waals surface area contributed by atoms with Gasteiger partial charge in [-0.3, -0.25) is 4.90 Å². The maximum atomic E-state index is 12.8. The maximum absolute atomic E-state index is 12.8. The molecule has 1 saturated heterocycles. The van der Waals surface area contributed by atoms with Gasteiger partial charge in [0, 0.05) is 12.6 Å². The van der Waals surface area contributed by atoms with Crippen molar-refractivity contribution in [3.05, 3.63) is 70.8 Å². The fraction of sp³-hybridized carbons (Fsp3) is 0.381. The van der Waals surface area contributed by atoms with Gasteiger partial charge >= 0.3 is 12.1 Å². The van der Waals surface area contributed by atoms with Crippen LogP contribution in [-0.2, 0) is 10.9 Å². The second-order valence-corrected chi connectivity index (χ2v) is 6.77. The number of likely N-dealkylation sites (N-methyl/N-ethyl adjacent to an activating group) is 1. The summed E-state index contributed by atoms with van der Waals surface area (Å²) in [4.78, 5) is 13.9. The molecule has 0 amide bonds. The van der Waals surface area contributed by atoms with Gasteiger partial charge in [0.1, 0.15) is 0 Å². The smallest absolute Gasteiger partial charge is 0.416 e. The molecule has 2 atom stereocenters. The first-order valence-electron chi connectivity index (χ1n) is 8.93. The van der Waals surface area contributed by atoms with Gasteiger partial charge in [0.05, 0.1) is 18.2 Å². The summed E-state index contributed by atoms with van der Waals surface area (Å²) >= 11 is 0. The second-order valence-electron chi connectivity index (χ2n) is 6.77. The van der Waals surface area contributed by atoms with Crippen molar-refractivity contribution >= 4 is 5.97 Å². The van der Waals surface area contributed by atoms with Crippen molar-refractivity contribution in [2.75, 3.05) is 20.2 Å². The second kappa shape index (κ2) is 7.72. The van der Waals surface area contributed by atoms with Crippen molar-refractivity contribution in [2.24, 2.45) is 0 Å². The Bertz CT molecular complexity index is 785. The van der Waals surface area contributed by atoms with Gasteiger partial charge in [-0.15, -0.1) is 0 Å². The number of ether oxygens (including phenoxy) is 1. The predicted octanol–water partition coefficient (Wildman–Crippen LogP) is 5.04. The number of esters is 1. The minimum Gasteiger partial charge on any atom is -0.465 e. The largest absolute Gasteiger partial charge is 0.465 e. The quantitative estimate of drug-likeness (QED) is 0.699. The lowest BCUT2D eigenvalue weighted by atomic mass is 9.93. The van der Waals surface area contributed by atoms with Gasteiger partial charge in [-0.25, -0.2) is 4.79 Å². The van der Waals surface area contributed by atoms with E-state index in [0.717, 1.165) is 42.8 Å². The highest BCUT2D eigenvalue weighted by molar-refractivity contribution is 5.89. The van der Waals surface area contributed by atoms with Gasteiger partial charge in [0.25, 0.3) is 0 Å². The Morgan fingerprint density at radius 1 is 1.07 bits per heavy atom. The number of carbonyl (C=O) groups excluding carboxylic acids is 1. The molecule has 1 heterocycles. The van der Waals surface area contributed by atoms with E-state index in [1.807, 2.05) is 12.1 Å². The molecule has 0 N–H and O–H groups in total. The van der Waals surface area contributed by atoms with Crippen LogP contribution in [0.4, 0.5) is 13.2 Å². The summed E-state index contributed by atoms with van der Waals surface area (Å²) in [7, 11) is 1.35. The van der Waals surface area contributed by atoms with E-state index in [-0.39, 0.29) is 17.9 Å². The number of nitrogens with zero attached hydrogens (tertiary/aromatic N) is 1. The van der Waals surface area contributed by atoms with Gasteiger partial charge in [0.2, 0.25) is 0 Å². The Morgan fingerprint density at radius 2 is 1.67 bits per heavy atom. The molecule has 1 aliphatic heterocycles. The molecule has 0 radical (unpaired) electrons. The third kappa shape index (κ3) is 4.16. The highest BCUT2D eigenvalue weighted by Gasteiger charge is 2.34. The highest BCUT2D eigenvalue weighted by atomic mass is 19.4. The number of benzene rings is 2. The molecule has 2 aromatic rings. The molecule has 0 bridgehead atoms. The van der Waals surface area contributed by atoms with E-state index in [0.29, 0.717) is 5.56 Å². The summed E-state index contributed by atoms with van der Waals surface area (Å²) in [6, 6.07) is 13.0. The summed E-state index contributed by atoms with van der Waals surface area (Å²) in [6.07, 6.45) is -3.48. The zero-order valence-electron chi connectivity index (χ0n) is 15.3. The Labute approximate surface area is 156 Å². The fourth-order valence-electron chi connectivity index (χ4n) is 3.74. The zero-order valence-corrected chi connectivity index (χ0v) is 15.3. The lowest BCUT2D eigenvalue weighted by Crippen LogP contribution is -2.23. The number of alkyl halides is 3. The van der Waals surface area contributed by atoms with E-state index in [9.17, 15) is 18.0 Å². The number of likely N-dealkylation sites (tertiary alicyclic amines) is 1. The van der Waals surface area contributed by atoms with Gasteiger partial charge in [0.15, 0.2) is 0 Å². The maximum Gasteiger partial charge on any atom is 0.416 e. The van der Waals surface area contributed by atoms with Crippen LogP contribution >= 0.6 is 0 Å². The number of hydrogen-bond donors (Lipinski definition) is 0. The molecule has 0 saturated carbocycles. The Balaban J connectivity index is 1.78. The van der Waals surface area contributed by atoms with E-state index in [1.165, 1.54) is 7.11 Å². The van der Waals surface area contributed by atoms with Gasteiger partial charge in [-0.05, 0) is 54.3 Å². The Hall–Kier alpha value is -2.34. The monoisotopic (exact) mass is 377 g/mol. The molecule has 3 nitrogen and oxygen atoms in total. The molecule has 0 spiro atoms. The number of carbonyl (C=O) groups is 1. The minimum absolute atomic E-state index is 0.175. The lowest BCUT2D eigenvalue weighted by Gasteiger charge is -2.23. The highest BCUT2D eigenvalue weighted by Crippen LogP contribution is 2.41. The number of rotatable bonds is 4. The van der Waals surface area contributed by atoms with Crippen LogP contribution in [0.15, 0.2) is 48.5 Å². The van der Waals surface area contributed by atoms with Crippen molar-refractivity contribution in [1.82, 2.24) is 4.90 Å². The van der Waals surface area contributed by atoms with E-state index < -0.39 is 11.7 Å². The molecule has 144 valence electrons. The molecule has 0 aromatic heterocycles. The van der Waals surface area contributed by atoms with Crippen molar-refractivity contribution in [2.45, 2.75) is 31.5 Å². The molecule has 0 aliphatic carbocycles. The third-order valence-corrected chi connectivity index (χ3v) is 5.24. The first kappa shape index (κ1) is 19.4.